The lowest BCUT2D eigenvalue weighted by atomic mass is 10.2. The van der Waals surface area contributed by atoms with E-state index >= 15 is 0 Å². The number of hydrogen-bond acceptors (Lipinski definition) is 3. The number of rotatable bonds is 2. The fourth-order valence-electron chi connectivity index (χ4n) is 0.921. The van der Waals surface area contributed by atoms with Crippen molar-refractivity contribution in [3.05, 3.63) is 29.8 Å². The molecule has 0 bridgehead atoms. The van der Waals surface area contributed by atoms with Gasteiger partial charge >= 0.3 is 0 Å². The van der Waals surface area contributed by atoms with Crippen molar-refractivity contribution in [3.63, 3.8) is 0 Å². The van der Waals surface area contributed by atoms with Crippen molar-refractivity contribution in [1.29, 1.82) is 0 Å². The Kier molecular flexibility index (Phi) is 2.87. The van der Waals surface area contributed by atoms with Gasteiger partial charge in [0.15, 0.2) is 0 Å². The fraction of sp³-hybridized carbons (Fsp3) is 0.222. The third-order valence-electron chi connectivity index (χ3n) is 1.80. The van der Waals surface area contributed by atoms with Crippen LogP contribution in [0, 0.1) is 0 Å². The Hall–Kier alpha value is -1.55. The van der Waals surface area contributed by atoms with Gasteiger partial charge in [-0.1, -0.05) is 0 Å². The quantitative estimate of drug-likeness (QED) is 0.512. The number of anilines is 1. The first kappa shape index (κ1) is 9.54. The lowest BCUT2D eigenvalue weighted by molar-refractivity contribution is 0.0735. The first-order chi connectivity index (χ1) is 6.15. The summed E-state index contributed by atoms with van der Waals surface area (Å²) in [6.45, 7) is 0. The minimum atomic E-state index is -0.0810. The molecular formula is C9H13N3O. The molecule has 0 saturated heterocycles. The zero-order valence-electron chi connectivity index (χ0n) is 7.74. The van der Waals surface area contributed by atoms with E-state index in [9.17, 15) is 4.79 Å². The lowest BCUT2D eigenvalue weighted by Gasteiger charge is -2.14. The van der Waals surface area contributed by atoms with Gasteiger partial charge in [0.2, 0.25) is 0 Å². The van der Waals surface area contributed by atoms with Crippen LogP contribution in [0.4, 0.5) is 5.69 Å². The van der Waals surface area contributed by atoms with E-state index in [2.05, 4.69) is 5.43 Å². The molecule has 0 spiro atoms. The van der Waals surface area contributed by atoms with Crippen LogP contribution in [0.5, 0.6) is 0 Å². The van der Waals surface area contributed by atoms with Gasteiger partial charge in [-0.25, -0.2) is 5.43 Å². The number of hydrogen-bond donors (Lipinski definition) is 2. The van der Waals surface area contributed by atoms with Crippen LogP contribution in [0.2, 0.25) is 0 Å². The summed E-state index contributed by atoms with van der Waals surface area (Å²) in [4.78, 5) is 11.5. The smallest absolute Gasteiger partial charge is 0.267 e. The Morgan fingerprint density at radius 3 is 2.38 bits per heavy atom. The van der Waals surface area contributed by atoms with E-state index < -0.39 is 0 Å². The Balaban J connectivity index is 2.83. The van der Waals surface area contributed by atoms with Crippen molar-refractivity contribution >= 4 is 11.6 Å². The topological polar surface area (TPSA) is 58.4 Å². The Labute approximate surface area is 77.3 Å². The van der Waals surface area contributed by atoms with Crippen molar-refractivity contribution in [1.82, 2.24) is 10.4 Å². The van der Waals surface area contributed by atoms with Crippen molar-refractivity contribution in [2.45, 2.75) is 0 Å². The van der Waals surface area contributed by atoms with Gasteiger partial charge < -0.3 is 5.73 Å². The van der Waals surface area contributed by atoms with Crippen molar-refractivity contribution in [2.24, 2.45) is 0 Å². The number of nitrogen functional groups attached to an aromatic ring is 1. The normalized spacial score (nSPS) is 9.69. The summed E-state index contributed by atoms with van der Waals surface area (Å²) < 4.78 is 0. The van der Waals surface area contributed by atoms with E-state index in [4.69, 9.17) is 5.73 Å². The molecule has 1 amide bonds. The van der Waals surface area contributed by atoms with Crippen LogP contribution in [0.15, 0.2) is 24.3 Å². The first-order valence-electron chi connectivity index (χ1n) is 3.96. The van der Waals surface area contributed by atoms with Crippen molar-refractivity contribution in [2.75, 3.05) is 19.8 Å². The van der Waals surface area contributed by atoms with Gasteiger partial charge in [0.25, 0.3) is 5.91 Å². The highest BCUT2D eigenvalue weighted by Crippen LogP contribution is 2.06. The summed E-state index contributed by atoms with van der Waals surface area (Å²) in [6.07, 6.45) is 0. The van der Waals surface area contributed by atoms with Gasteiger partial charge in [0.1, 0.15) is 0 Å². The predicted octanol–water partition coefficient (Wildman–Crippen LogP) is 0.475. The molecule has 0 aromatic heterocycles. The summed E-state index contributed by atoms with van der Waals surface area (Å²) in [5.74, 6) is -0.0810. The maximum absolute atomic E-state index is 11.5. The number of nitrogens with zero attached hydrogens (tertiary/aromatic N) is 1. The average molecular weight is 179 g/mol. The molecule has 0 saturated carbocycles. The molecule has 1 aromatic carbocycles. The van der Waals surface area contributed by atoms with Gasteiger partial charge in [-0.2, -0.15) is 0 Å². The molecule has 13 heavy (non-hydrogen) atoms. The Bertz CT molecular complexity index is 294. The molecule has 0 aliphatic rings. The number of carbonyl (C=O) groups is 1. The molecule has 0 aliphatic heterocycles. The maximum Gasteiger partial charge on any atom is 0.267 e. The zero-order chi connectivity index (χ0) is 9.84. The van der Waals surface area contributed by atoms with Gasteiger partial charge in [-0.15, -0.1) is 0 Å². The number of hydrazine groups is 1. The van der Waals surface area contributed by atoms with Crippen LogP contribution < -0.4 is 11.2 Å². The molecule has 0 radical (unpaired) electrons. The molecule has 3 N–H and O–H groups in total. The second-order valence-electron chi connectivity index (χ2n) is 2.71. The molecule has 4 heteroatoms. The van der Waals surface area contributed by atoms with Crippen LogP contribution in [0.3, 0.4) is 0 Å². The number of nitrogens with one attached hydrogen (secondary N) is 1. The van der Waals surface area contributed by atoms with Gasteiger partial charge in [-0.3, -0.25) is 9.80 Å². The third kappa shape index (κ3) is 2.19. The molecule has 0 heterocycles. The largest absolute Gasteiger partial charge is 0.399 e. The predicted molar refractivity (Wildman–Crippen MR) is 52.0 cm³/mol. The minimum absolute atomic E-state index is 0.0810. The lowest BCUT2D eigenvalue weighted by Crippen LogP contribution is -2.36. The van der Waals surface area contributed by atoms with Crippen LogP contribution >= 0.6 is 0 Å². The third-order valence-corrected chi connectivity index (χ3v) is 1.80. The summed E-state index contributed by atoms with van der Waals surface area (Å²) >= 11 is 0. The Morgan fingerprint density at radius 2 is 1.92 bits per heavy atom. The van der Waals surface area contributed by atoms with Gasteiger partial charge in [0, 0.05) is 25.3 Å². The number of benzene rings is 1. The van der Waals surface area contributed by atoms with Crippen LogP contribution in [-0.4, -0.2) is 25.0 Å². The van der Waals surface area contributed by atoms with Crippen LogP contribution in [0.25, 0.3) is 0 Å². The van der Waals surface area contributed by atoms with E-state index in [1.165, 1.54) is 5.01 Å². The molecule has 0 unspecified atom stereocenters. The molecule has 0 aliphatic carbocycles. The van der Waals surface area contributed by atoms with Gasteiger partial charge in [-0.05, 0) is 24.3 Å². The molecular weight excluding hydrogens is 166 g/mol. The van der Waals surface area contributed by atoms with E-state index in [-0.39, 0.29) is 5.91 Å². The SMILES string of the molecule is CNN(C)C(=O)c1ccc(N)cc1. The van der Waals surface area contributed by atoms with Crippen molar-refractivity contribution < 1.29 is 4.79 Å². The fourth-order valence-corrected chi connectivity index (χ4v) is 0.921. The monoisotopic (exact) mass is 179 g/mol. The zero-order valence-corrected chi connectivity index (χ0v) is 7.74. The molecule has 0 fully saturated rings. The highest BCUT2D eigenvalue weighted by molar-refractivity contribution is 5.93. The second-order valence-corrected chi connectivity index (χ2v) is 2.71. The van der Waals surface area contributed by atoms with Crippen LogP contribution in [0.1, 0.15) is 10.4 Å². The van der Waals surface area contributed by atoms with Crippen LogP contribution in [-0.2, 0) is 0 Å². The summed E-state index contributed by atoms with van der Waals surface area (Å²) in [6, 6.07) is 6.81. The van der Waals surface area contributed by atoms with Crippen molar-refractivity contribution in [3.8, 4) is 0 Å². The second kappa shape index (κ2) is 3.91. The molecule has 1 aromatic rings. The summed E-state index contributed by atoms with van der Waals surface area (Å²) in [5, 5.41) is 1.41. The highest BCUT2D eigenvalue weighted by atomic mass is 16.2. The minimum Gasteiger partial charge on any atom is -0.399 e. The van der Waals surface area contributed by atoms with E-state index in [1.54, 1.807) is 38.4 Å². The molecule has 1 rings (SSSR count). The number of carbonyl (C=O) groups excluding carboxylic acids is 1. The van der Waals surface area contributed by atoms with E-state index in [1.807, 2.05) is 0 Å². The maximum atomic E-state index is 11.5. The Morgan fingerprint density at radius 1 is 1.38 bits per heavy atom. The summed E-state index contributed by atoms with van der Waals surface area (Å²) in [5.41, 5.74) is 9.50. The summed E-state index contributed by atoms with van der Waals surface area (Å²) in [7, 11) is 3.36. The highest BCUT2D eigenvalue weighted by Gasteiger charge is 2.08. The number of amides is 1. The standard InChI is InChI=1S/C9H13N3O/c1-11-12(2)9(13)7-3-5-8(10)6-4-7/h3-6,11H,10H2,1-2H3. The number of nitrogens with two attached hydrogens (primary N) is 1. The van der Waals surface area contributed by atoms with E-state index in [0.717, 1.165) is 0 Å². The van der Waals surface area contributed by atoms with E-state index in [0.29, 0.717) is 11.3 Å². The average Bonchev–Trinajstić information content (AvgIpc) is 2.17. The molecule has 0 atom stereocenters. The first-order valence-corrected chi connectivity index (χ1v) is 3.96. The molecule has 4 nitrogen and oxygen atoms in total. The van der Waals surface area contributed by atoms with Gasteiger partial charge in [0.05, 0.1) is 0 Å². The molecule has 70 valence electrons.